The van der Waals surface area contributed by atoms with E-state index in [4.69, 9.17) is 49.6 Å². The van der Waals surface area contributed by atoms with Crippen molar-refractivity contribution in [2.24, 2.45) is 5.73 Å². The van der Waals surface area contributed by atoms with Crippen molar-refractivity contribution >= 4 is 87.4 Å². The molecule has 2 fully saturated rings. The molecule has 4 atom stereocenters. The summed E-state index contributed by atoms with van der Waals surface area (Å²) in [6, 6.07) is 26.0. The average molecular weight is 1100 g/mol. The fraction of sp³-hybridized carbons (Fsp3) is 0.294. The van der Waals surface area contributed by atoms with Gasteiger partial charge in [-0.2, -0.15) is 0 Å². The first-order valence-corrected chi connectivity index (χ1v) is 27.8. The summed E-state index contributed by atoms with van der Waals surface area (Å²) >= 11 is 12.9. The van der Waals surface area contributed by atoms with E-state index >= 15 is 0 Å². The van der Waals surface area contributed by atoms with Gasteiger partial charge in [-0.05, 0) is 111 Å². The maximum atomic E-state index is 12.8. The molecule has 2 saturated carbocycles. The Morgan fingerprint density at radius 1 is 0.595 bits per heavy atom. The van der Waals surface area contributed by atoms with Gasteiger partial charge in [0.1, 0.15) is 0 Å². The number of nitrogens with one attached hydrogen (secondary N) is 3. The van der Waals surface area contributed by atoms with Gasteiger partial charge >= 0.3 is 0 Å². The Morgan fingerprint density at radius 3 is 1.49 bits per heavy atom. The van der Waals surface area contributed by atoms with E-state index in [9.17, 15) is 37.1 Å². The molecule has 0 amide bonds. The molecule has 2 heterocycles. The summed E-state index contributed by atoms with van der Waals surface area (Å²) in [7, 11) is -2.61. The summed E-state index contributed by atoms with van der Waals surface area (Å²) in [6.45, 7) is 0. The highest BCUT2D eigenvalue weighted by Gasteiger charge is 2.29. The summed E-state index contributed by atoms with van der Waals surface area (Å²) in [5.41, 5.74) is 14.2. The standard InChI is InChI=1S/C25H24ClN5O4S.C19H21ClN4.C6H4ClNO4S.CH4/c26-23-15-27-25(29-24(23)22-13-8-16-4-1-2-7-21(16)22)28-17-5-3-6-18(14-17)30-36(34,35)20-11-9-19(10-12-20)31(32)33;20-17-11-22-19(23-14-6-3-5-13(21)10-14)24-18(17)16-9-8-12-4-1-2-7-15(12)16;7-13(11,12)6-3-1-5(2-4-6)8(9)10;/h1-2,4,7,9-13,15,17-18,30H,3,5-6,8,14H2,(H,27,28,29);1-2,4,7,9,11,13-14H,3,5-6,8,10,21H2,(H,22,23,24);1-4H;1H4/t17-,18+;13-,14+;;/m10../s1. The zero-order valence-corrected chi connectivity index (χ0v) is 42.8. The van der Waals surface area contributed by atoms with Crippen LogP contribution >= 0.6 is 33.9 Å². The van der Waals surface area contributed by atoms with Gasteiger partial charge in [0.05, 0.1) is 53.5 Å². The van der Waals surface area contributed by atoms with Crippen molar-refractivity contribution < 1.29 is 26.7 Å². The molecule has 6 aromatic rings. The fourth-order valence-corrected chi connectivity index (χ4v) is 11.6. The van der Waals surface area contributed by atoms with Gasteiger partial charge in [0.25, 0.3) is 20.4 Å². The van der Waals surface area contributed by atoms with Gasteiger partial charge in [0.15, 0.2) is 0 Å². The molecule has 0 radical (unpaired) electrons. The van der Waals surface area contributed by atoms with Gasteiger partial charge < -0.3 is 16.4 Å². The number of fused-ring (bicyclic) bond motifs is 2. The zero-order valence-electron chi connectivity index (χ0n) is 38.9. The molecule has 10 rings (SSSR count). The minimum atomic E-state index is -3.81. The Kier molecular flexibility index (Phi) is 18.2. The van der Waals surface area contributed by atoms with Gasteiger partial charge in [-0.3, -0.25) is 20.2 Å². The molecule has 0 unspecified atom stereocenters. The molecule has 5 N–H and O–H groups in total. The van der Waals surface area contributed by atoms with Crippen molar-refractivity contribution in [3.8, 4) is 0 Å². The summed E-state index contributed by atoms with van der Waals surface area (Å²) < 4.78 is 49.8. The van der Waals surface area contributed by atoms with E-state index in [1.54, 1.807) is 12.4 Å². The summed E-state index contributed by atoms with van der Waals surface area (Å²) in [6.07, 6.45) is 16.6. The Morgan fingerprint density at radius 2 is 1.03 bits per heavy atom. The Hall–Kier alpha value is -6.39. The van der Waals surface area contributed by atoms with Crippen molar-refractivity contribution in [2.75, 3.05) is 10.6 Å². The topological polar surface area (TPSA) is 268 Å². The molecule has 4 aliphatic rings. The lowest BCUT2D eigenvalue weighted by molar-refractivity contribution is -0.385. The second kappa shape index (κ2) is 24.3. The first-order chi connectivity index (χ1) is 34.9. The number of sulfonamides is 1. The smallest absolute Gasteiger partial charge is 0.269 e. The lowest BCUT2D eigenvalue weighted by Gasteiger charge is -2.30. The quantitative estimate of drug-likeness (QED) is 0.0504. The zero-order chi connectivity index (χ0) is 51.9. The lowest BCUT2D eigenvalue weighted by atomic mass is 9.92. The molecule has 74 heavy (non-hydrogen) atoms. The number of anilines is 2. The predicted octanol–water partition coefficient (Wildman–Crippen LogP) is 10.7. The van der Waals surface area contributed by atoms with Crippen LogP contribution in [0.2, 0.25) is 10.0 Å². The van der Waals surface area contributed by atoms with Gasteiger partial charge in [-0.15, -0.1) is 0 Å². The molecular formula is C51H53Cl3N10O8S2. The summed E-state index contributed by atoms with van der Waals surface area (Å²) in [4.78, 5) is 37.8. The number of aromatic nitrogens is 4. The number of halogens is 3. The SMILES string of the molecule is C.N[C@H]1CCC[C@@H](Nc2ncc(Cl)c(C3=CCc4ccccc43)n2)C1.O=[N+]([O-])c1ccc(S(=O)(=O)Cl)cc1.O=[N+]([O-])c1ccc(S(=O)(=O)N[C@H]2CCC[C@@H](Nc3ncc(Cl)c(C4=CCc5ccccc54)n3)C2)cc1. The molecule has 18 nitrogen and oxygen atoms in total. The normalized spacial score (nSPS) is 18.8. The second-order valence-electron chi connectivity index (χ2n) is 17.8. The molecule has 4 aliphatic carbocycles. The van der Waals surface area contributed by atoms with Crippen LogP contribution in [-0.4, -0.2) is 70.8 Å². The van der Waals surface area contributed by atoms with Crippen LogP contribution in [0, 0.1) is 20.2 Å². The number of hydrogen-bond donors (Lipinski definition) is 4. The number of nitrogens with zero attached hydrogens (tertiary/aromatic N) is 6. The third-order valence-corrected chi connectivity index (χ3v) is 16.2. The number of allylic oxidation sites excluding steroid dienone is 2. The minimum absolute atomic E-state index is 0. The van der Waals surface area contributed by atoms with Gasteiger partial charge in [-0.1, -0.05) is 91.3 Å². The second-order valence-corrected chi connectivity index (χ2v) is 22.9. The van der Waals surface area contributed by atoms with Crippen molar-refractivity contribution in [1.82, 2.24) is 24.7 Å². The van der Waals surface area contributed by atoms with Crippen molar-refractivity contribution in [1.29, 1.82) is 0 Å². The maximum absolute atomic E-state index is 12.8. The van der Waals surface area contributed by atoms with Gasteiger partial charge in [-0.25, -0.2) is 41.5 Å². The molecule has 4 aromatic carbocycles. The van der Waals surface area contributed by atoms with Crippen molar-refractivity contribution in [2.45, 2.75) is 106 Å². The third-order valence-electron chi connectivity index (χ3n) is 12.7. The first-order valence-electron chi connectivity index (χ1n) is 23.3. The largest absolute Gasteiger partial charge is 0.351 e. The number of nitrogens with two attached hydrogens (primary N) is 1. The van der Waals surface area contributed by atoms with E-state index in [1.165, 1.54) is 41.0 Å². The van der Waals surface area contributed by atoms with E-state index in [0.717, 1.165) is 98.0 Å². The van der Waals surface area contributed by atoms with E-state index in [-0.39, 0.29) is 46.7 Å². The van der Waals surface area contributed by atoms with E-state index in [2.05, 4.69) is 73.9 Å². The third kappa shape index (κ3) is 13.9. The van der Waals surface area contributed by atoms with Crippen LogP contribution < -0.4 is 21.1 Å². The fourth-order valence-electron chi connectivity index (χ4n) is 9.18. The summed E-state index contributed by atoms with van der Waals surface area (Å²) in [5.74, 6) is 1.09. The highest BCUT2D eigenvalue weighted by molar-refractivity contribution is 8.13. The number of rotatable bonds is 12. The van der Waals surface area contributed by atoms with E-state index in [1.807, 2.05) is 12.1 Å². The van der Waals surface area contributed by atoms with Crippen molar-refractivity contribution in [3.63, 3.8) is 0 Å². The molecular weight excluding hydrogens is 1050 g/mol. The highest BCUT2D eigenvalue weighted by Crippen LogP contribution is 2.37. The first kappa shape index (κ1) is 55.4. The monoisotopic (exact) mass is 1100 g/mol. The number of nitro benzene ring substituents is 2. The van der Waals surface area contributed by atoms with E-state index < -0.39 is 28.9 Å². The molecule has 0 aliphatic heterocycles. The number of non-ortho nitro benzene ring substituents is 2. The molecule has 388 valence electrons. The number of benzene rings is 4. The van der Waals surface area contributed by atoms with Crippen LogP contribution in [0.25, 0.3) is 11.1 Å². The van der Waals surface area contributed by atoms with Crippen LogP contribution in [0.15, 0.2) is 131 Å². The highest BCUT2D eigenvalue weighted by atomic mass is 35.7. The Balaban J connectivity index is 0.000000181. The molecule has 0 spiro atoms. The van der Waals surface area contributed by atoms with Crippen LogP contribution in [-0.2, 0) is 31.9 Å². The Labute approximate surface area is 443 Å². The molecule has 23 heteroatoms. The van der Waals surface area contributed by atoms with Crippen LogP contribution in [0.4, 0.5) is 23.3 Å². The summed E-state index contributed by atoms with van der Waals surface area (Å²) in [5, 5.41) is 28.9. The number of hydrogen-bond acceptors (Lipinski definition) is 15. The average Bonchev–Trinajstić information content (AvgIpc) is 4.00. The van der Waals surface area contributed by atoms with E-state index in [0.29, 0.717) is 46.5 Å². The predicted molar refractivity (Wildman–Crippen MR) is 288 cm³/mol. The van der Waals surface area contributed by atoms with Crippen LogP contribution in [0.5, 0.6) is 0 Å². The lowest BCUT2D eigenvalue weighted by Crippen LogP contribution is -2.41. The van der Waals surface area contributed by atoms with Gasteiger partial charge in [0, 0.05) is 70.3 Å². The Bertz CT molecular complexity index is 3310. The van der Waals surface area contributed by atoms with Crippen LogP contribution in [0.3, 0.4) is 0 Å². The van der Waals surface area contributed by atoms with Crippen LogP contribution in [0.1, 0.15) is 92.4 Å². The maximum Gasteiger partial charge on any atom is 0.269 e. The molecule has 2 aromatic heterocycles. The minimum Gasteiger partial charge on any atom is -0.351 e. The molecule has 0 saturated heterocycles. The number of nitro groups is 2. The van der Waals surface area contributed by atoms with Crippen molar-refractivity contribution in [3.05, 3.63) is 186 Å². The van der Waals surface area contributed by atoms with Gasteiger partial charge in [0.2, 0.25) is 21.9 Å². The molecule has 0 bridgehead atoms.